The van der Waals surface area contributed by atoms with Gasteiger partial charge in [0.05, 0.1) is 0 Å². The lowest BCUT2D eigenvalue weighted by Gasteiger charge is -2.30. The normalized spacial score (nSPS) is 14.7. The number of rotatable bonds is 7. The molecule has 0 spiro atoms. The highest BCUT2D eigenvalue weighted by Crippen LogP contribution is 2.50. The van der Waals surface area contributed by atoms with E-state index >= 15 is 0 Å². The highest BCUT2D eigenvalue weighted by Gasteiger charge is 2.52. The van der Waals surface area contributed by atoms with Gasteiger partial charge in [-0.05, 0) is 47.9 Å². The molecule has 4 N–H and O–H groups in total. The van der Waals surface area contributed by atoms with E-state index in [0.29, 0.717) is 11.4 Å². The Morgan fingerprint density at radius 2 is 1.33 bits per heavy atom. The molecule has 0 radical (unpaired) electrons. The topological polar surface area (TPSA) is 72.3 Å². The number of fused-ring (bicyclic) bond motifs is 1. The second kappa shape index (κ2) is 8.23. The molecule has 154 valence electrons. The molecule has 0 unspecified atom stereocenters. The van der Waals surface area contributed by atoms with Gasteiger partial charge in [0, 0.05) is 29.2 Å². The lowest BCUT2D eigenvalue weighted by molar-refractivity contribution is -0.120. The molecule has 1 heterocycles. The van der Waals surface area contributed by atoms with Crippen molar-refractivity contribution in [1.82, 2.24) is 0 Å². The van der Waals surface area contributed by atoms with Crippen LogP contribution in [-0.4, -0.2) is 12.5 Å². The van der Waals surface area contributed by atoms with Crippen LogP contribution in [0.1, 0.15) is 49.3 Å². The Balaban J connectivity index is 1.89. The second-order valence-corrected chi connectivity index (χ2v) is 8.03. The third-order valence-corrected chi connectivity index (χ3v) is 6.09. The molecule has 1 aliphatic rings. The van der Waals surface area contributed by atoms with E-state index in [1.807, 2.05) is 65.6 Å². The predicted octanol–water partition coefficient (Wildman–Crippen LogP) is 5.11. The van der Waals surface area contributed by atoms with E-state index in [4.69, 9.17) is 11.5 Å². The van der Waals surface area contributed by atoms with Crippen LogP contribution in [0.5, 0.6) is 0 Å². The summed E-state index contributed by atoms with van der Waals surface area (Å²) in [5.74, 6) is 0.0924. The molecule has 0 bridgehead atoms. The molecule has 1 amide bonds. The molecular weight excluding hydrogens is 370 g/mol. The summed E-state index contributed by atoms with van der Waals surface area (Å²) in [6.45, 7) is 2.92. The molecule has 30 heavy (non-hydrogen) atoms. The Bertz CT molecular complexity index is 979. The molecule has 4 rings (SSSR count). The summed E-state index contributed by atoms with van der Waals surface area (Å²) in [6.07, 6.45) is 4.47. The van der Waals surface area contributed by atoms with Gasteiger partial charge in [-0.2, -0.15) is 0 Å². The number of amides is 1. The molecular formula is C26H29N3O. The second-order valence-electron chi connectivity index (χ2n) is 8.03. The Morgan fingerprint density at radius 1 is 0.767 bits per heavy atom. The molecule has 0 saturated heterocycles. The van der Waals surface area contributed by atoms with E-state index in [9.17, 15) is 4.79 Å². The van der Waals surface area contributed by atoms with E-state index < -0.39 is 5.41 Å². The first-order valence-electron chi connectivity index (χ1n) is 10.7. The fourth-order valence-corrected chi connectivity index (χ4v) is 4.56. The van der Waals surface area contributed by atoms with Crippen molar-refractivity contribution >= 4 is 23.0 Å². The fourth-order valence-electron chi connectivity index (χ4n) is 4.56. The van der Waals surface area contributed by atoms with Gasteiger partial charge in [0.1, 0.15) is 5.41 Å². The van der Waals surface area contributed by atoms with E-state index in [1.54, 1.807) is 0 Å². The number of para-hydroxylation sites is 1. The largest absolute Gasteiger partial charge is 0.399 e. The average molecular weight is 400 g/mol. The molecule has 3 aromatic rings. The van der Waals surface area contributed by atoms with Gasteiger partial charge in [0.15, 0.2) is 0 Å². The summed E-state index contributed by atoms with van der Waals surface area (Å²) in [5, 5.41) is 0. The van der Waals surface area contributed by atoms with E-state index in [0.717, 1.165) is 41.8 Å². The van der Waals surface area contributed by atoms with Crippen LogP contribution in [0.2, 0.25) is 0 Å². The minimum Gasteiger partial charge on any atom is -0.399 e. The zero-order valence-corrected chi connectivity index (χ0v) is 17.5. The zero-order valence-electron chi connectivity index (χ0n) is 17.5. The zero-order chi connectivity index (χ0) is 21.1. The van der Waals surface area contributed by atoms with Crippen molar-refractivity contribution in [3.05, 3.63) is 89.5 Å². The fraction of sp³-hybridized carbons (Fsp3) is 0.269. The van der Waals surface area contributed by atoms with Crippen molar-refractivity contribution in [2.75, 3.05) is 22.9 Å². The van der Waals surface area contributed by atoms with Crippen molar-refractivity contribution < 1.29 is 4.79 Å². The van der Waals surface area contributed by atoms with Gasteiger partial charge in [-0.25, -0.2) is 0 Å². The van der Waals surface area contributed by atoms with Crippen molar-refractivity contribution in [1.29, 1.82) is 0 Å². The maximum absolute atomic E-state index is 14.2. The van der Waals surface area contributed by atoms with Gasteiger partial charge in [-0.3, -0.25) is 4.79 Å². The summed E-state index contributed by atoms with van der Waals surface area (Å²) >= 11 is 0. The molecule has 4 heteroatoms. The number of nitrogen functional groups attached to an aromatic ring is 2. The van der Waals surface area contributed by atoms with Crippen LogP contribution in [0.4, 0.5) is 17.1 Å². The molecule has 0 aromatic heterocycles. The van der Waals surface area contributed by atoms with Crippen LogP contribution in [-0.2, 0) is 10.2 Å². The molecule has 3 aromatic carbocycles. The number of carbonyl (C=O) groups excluding carboxylic acids is 1. The van der Waals surface area contributed by atoms with Crippen LogP contribution < -0.4 is 16.4 Å². The first-order chi connectivity index (χ1) is 14.6. The minimum atomic E-state index is -0.900. The van der Waals surface area contributed by atoms with E-state index in [1.165, 1.54) is 12.8 Å². The number of hydrogen-bond acceptors (Lipinski definition) is 3. The van der Waals surface area contributed by atoms with Gasteiger partial charge in [-0.1, -0.05) is 68.7 Å². The SMILES string of the molecule is CCCCCCN1C(=O)C(c2ccc(N)cc2)(c2ccc(N)cc2)c2ccccc21. The van der Waals surface area contributed by atoms with Crippen LogP contribution >= 0.6 is 0 Å². The first-order valence-corrected chi connectivity index (χ1v) is 10.7. The lowest BCUT2D eigenvalue weighted by Crippen LogP contribution is -2.42. The quantitative estimate of drug-likeness (QED) is 0.428. The smallest absolute Gasteiger partial charge is 0.246 e. The van der Waals surface area contributed by atoms with Crippen LogP contribution in [0.25, 0.3) is 0 Å². The maximum atomic E-state index is 14.2. The van der Waals surface area contributed by atoms with E-state index in [-0.39, 0.29) is 5.91 Å². The molecule has 0 fully saturated rings. The summed E-state index contributed by atoms with van der Waals surface area (Å²) in [5.41, 5.74) is 16.3. The number of carbonyl (C=O) groups is 1. The van der Waals surface area contributed by atoms with Gasteiger partial charge in [0.25, 0.3) is 0 Å². The van der Waals surface area contributed by atoms with Crippen molar-refractivity contribution in [2.45, 2.75) is 38.0 Å². The molecule has 1 aliphatic heterocycles. The third kappa shape index (κ3) is 3.22. The monoisotopic (exact) mass is 399 g/mol. The van der Waals surface area contributed by atoms with Gasteiger partial charge < -0.3 is 16.4 Å². The average Bonchev–Trinajstić information content (AvgIpc) is 3.01. The van der Waals surface area contributed by atoms with Crippen molar-refractivity contribution in [2.24, 2.45) is 0 Å². The number of hydrogen-bond donors (Lipinski definition) is 2. The number of anilines is 3. The predicted molar refractivity (Wildman–Crippen MR) is 125 cm³/mol. The van der Waals surface area contributed by atoms with Gasteiger partial charge in [-0.15, -0.1) is 0 Å². The first kappa shape index (κ1) is 20.0. The van der Waals surface area contributed by atoms with Crippen LogP contribution in [0.3, 0.4) is 0 Å². The number of unbranched alkanes of at least 4 members (excludes halogenated alkanes) is 3. The molecule has 0 atom stereocenters. The summed E-state index contributed by atoms with van der Waals surface area (Å²) in [7, 11) is 0. The van der Waals surface area contributed by atoms with Gasteiger partial charge in [0.2, 0.25) is 5.91 Å². The molecule has 0 saturated carbocycles. The minimum absolute atomic E-state index is 0.0924. The van der Waals surface area contributed by atoms with Crippen LogP contribution in [0.15, 0.2) is 72.8 Å². The van der Waals surface area contributed by atoms with Crippen LogP contribution in [0, 0.1) is 0 Å². The Labute approximate surface area is 178 Å². The molecule has 0 aliphatic carbocycles. The Hall–Kier alpha value is -3.27. The third-order valence-electron chi connectivity index (χ3n) is 6.09. The van der Waals surface area contributed by atoms with Crippen molar-refractivity contribution in [3.63, 3.8) is 0 Å². The lowest BCUT2D eigenvalue weighted by atomic mass is 9.70. The molecule has 4 nitrogen and oxygen atoms in total. The number of nitrogens with zero attached hydrogens (tertiary/aromatic N) is 1. The number of benzene rings is 3. The summed E-state index contributed by atoms with van der Waals surface area (Å²) in [4.78, 5) is 16.2. The number of nitrogens with two attached hydrogens (primary N) is 2. The van der Waals surface area contributed by atoms with E-state index in [2.05, 4.69) is 19.1 Å². The van der Waals surface area contributed by atoms with Crippen molar-refractivity contribution in [3.8, 4) is 0 Å². The summed E-state index contributed by atoms with van der Waals surface area (Å²) < 4.78 is 0. The van der Waals surface area contributed by atoms with Gasteiger partial charge >= 0.3 is 0 Å². The highest BCUT2D eigenvalue weighted by atomic mass is 16.2. The maximum Gasteiger partial charge on any atom is 0.246 e. The Kier molecular flexibility index (Phi) is 5.49. The highest BCUT2D eigenvalue weighted by molar-refractivity contribution is 6.13. The standard InChI is InChI=1S/C26H29N3O/c1-2-3-4-7-18-29-24-9-6-5-8-23(24)26(25(29)30,19-10-14-21(27)15-11-19)20-12-16-22(28)17-13-20/h5-6,8-17H,2-4,7,18,27-28H2,1H3. The summed E-state index contributed by atoms with van der Waals surface area (Å²) in [6, 6.07) is 23.5. The Morgan fingerprint density at radius 3 is 1.90 bits per heavy atom.